The molecule has 0 bridgehead atoms. The van der Waals surface area contributed by atoms with Gasteiger partial charge in [0.1, 0.15) is 0 Å². The van der Waals surface area contributed by atoms with Crippen LogP contribution in [-0.2, 0) is 24.3 Å². The number of halogens is 1. The zero-order valence-corrected chi connectivity index (χ0v) is 24.0. The second kappa shape index (κ2) is 11.0. The minimum absolute atomic E-state index is 0.0703. The Labute approximate surface area is 238 Å². The molecule has 1 N–H and O–H groups in total. The number of aromatic nitrogens is 3. The van der Waals surface area contributed by atoms with Crippen LogP contribution in [0.3, 0.4) is 0 Å². The number of nitrogens with zero attached hydrogens (tertiary/aromatic N) is 5. The van der Waals surface area contributed by atoms with Crippen LogP contribution in [-0.4, -0.2) is 67.9 Å². The van der Waals surface area contributed by atoms with Crippen molar-refractivity contribution in [2.24, 2.45) is 0 Å². The molecule has 0 radical (unpaired) electrons. The van der Waals surface area contributed by atoms with Gasteiger partial charge in [0.05, 0.1) is 33.6 Å². The third kappa shape index (κ3) is 5.48. The Morgan fingerprint density at radius 3 is 2.69 bits per heavy atom. The van der Waals surface area contributed by atoms with Crippen molar-refractivity contribution in [1.29, 1.82) is 0 Å². The highest BCUT2D eigenvalue weighted by molar-refractivity contribution is 7.18. The van der Waals surface area contributed by atoms with E-state index >= 15 is 0 Å². The number of β-amino-alcohol motifs (C(OH)–C–C–N with tert-alkyl or cyclic N) is 1. The van der Waals surface area contributed by atoms with Gasteiger partial charge in [0.2, 0.25) is 5.91 Å². The number of thiazole rings is 1. The highest BCUT2D eigenvalue weighted by Crippen LogP contribution is 2.35. The number of aliphatic hydroxyl groups excluding tert-OH is 1. The van der Waals surface area contributed by atoms with E-state index in [1.54, 1.807) is 6.92 Å². The number of aliphatic hydroxyl groups is 1. The molecule has 1 unspecified atom stereocenters. The summed E-state index contributed by atoms with van der Waals surface area (Å²) in [4.78, 5) is 21.3. The number of piperidine rings is 1. The molecule has 1 fully saturated rings. The van der Waals surface area contributed by atoms with Crippen molar-refractivity contribution in [2.45, 2.75) is 58.2 Å². The molecular weight excluding hydrogens is 530 g/mol. The molecule has 1 atom stereocenters. The smallest absolute Gasteiger partial charge is 0.219 e. The lowest BCUT2D eigenvalue weighted by atomic mass is 9.97. The minimum Gasteiger partial charge on any atom is -0.390 e. The third-order valence-corrected chi connectivity index (χ3v) is 9.73. The fourth-order valence-corrected chi connectivity index (χ4v) is 7.17. The summed E-state index contributed by atoms with van der Waals surface area (Å²) in [6.45, 7) is 7.78. The lowest BCUT2D eigenvalue weighted by molar-refractivity contribution is -0.129. The first-order valence-corrected chi connectivity index (χ1v) is 14.9. The van der Waals surface area contributed by atoms with Crippen molar-refractivity contribution < 1.29 is 9.90 Å². The second-order valence-corrected chi connectivity index (χ2v) is 12.3. The number of carbonyl (C=O) groups is 1. The lowest BCUT2D eigenvalue weighted by Crippen LogP contribution is -2.40. The zero-order chi connectivity index (χ0) is 27.1. The molecule has 2 aliphatic rings. The van der Waals surface area contributed by atoms with E-state index < -0.39 is 6.10 Å². The number of rotatable bonds is 6. The van der Waals surface area contributed by atoms with Gasteiger partial charge in [-0.3, -0.25) is 9.48 Å². The molecular formula is C30H34ClN5O2S. The van der Waals surface area contributed by atoms with Crippen molar-refractivity contribution in [3.05, 3.63) is 69.3 Å². The van der Waals surface area contributed by atoms with Crippen LogP contribution in [0.15, 0.2) is 42.5 Å². The monoisotopic (exact) mass is 563 g/mol. The second-order valence-electron chi connectivity index (χ2n) is 10.9. The number of carbonyl (C=O) groups excluding carboxylic acids is 1. The van der Waals surface area contributed by atoms with Gasteiger partial charge < -0.3 is 14.9 Å². The maximum atomic E-state index is 12.2. The van der Waals surface area contributed by atoms with Gasteiger partial charge in [-0.15, -0.1) is 11.3 Å². The molecule has 7 nitrogen and oxygen atoms in total. The van der Waals surface area contributed by atoms with Gasteiger partial charge >= 0.3 is 0 Å². The van der Waals surface area contributed by atoms with Gasteiger partial charge in [0.25, 0.3) is 0 Å². The first-order valence-electron chi connectivity index (χ1n) is 13.7. The van der Waals surface area contributed by atoms with Gasteiger partial charge in [-0.05, 0) is 62.7 Å². The van der Waals surface area contributed by atoms with E-state index in [0.29, 0.717) is 32.1 Å². The molecule has 1 amide bonds. The van der Waals surface area contributed by atoms with E-state index in [0.717, 1.165) is 71.0 Å². The van der Waals surface area contributed by atoms with E-state index in [1.165, 1.54) is 9.71 Å². The summed E-state index contributed by atoms with van der Waals surface area (Å²) in [6.07, 6.45) is 2.32. The number of fused-ring (bicyclic) bond motifs is 2. The first-order chi connectivity index (χ1) is 18.9. The average molecular weight is 564 g/mol. The Bertz CT molecular complexity index is 1470. The van der Waals surface area contributed by atoms with E-state index in [-0.39, 0.29) is 5.91 Å². The maximum absolute atomic E-state index is 12.2. The Kier molecular flexibility index (Phi) is 7.46. The molecule has 204 valence electrons. The third-order valence-electron chi connectivity index (χ3n) is 8.11. The molecule has 0 saturated carbocycles. The van der Waals surface area contributed by atoms with Crippen molar-refractivity contribution in [1.82, 2.24) is 24.6 Å². The predicted octanol–water partition coefficient (Wildman–Crippen LogP) is 5.27. The van der Waals surface area contributed by atoms with E-state index in [1.807, 2.05) is 52.1 Å². The number of hydrogen-bond acceptors (Lipinski definition) is 6. The number of aryl methyl sites for hydroxylation is 1. The fourth-order valence-electron chi connectivity index (χ4n) is 5.92. The lowest BCUT2D eigenvalue weighted by Gasteiger charge is -2.32. The highest BCUT2D eigenvalue weighted by Gasteiger charge is 2.29. The molecule has 0 spiro atoms. The van der Waals surface area contributed by atoms with Crippen molar-refractivity contribution in [2.75, 3.05) is 26.2 Å². The quantitative estimate of drug-likeness (QED) is 0.346. The number of amides is 1. The standard InChI is InChI=1S/C30H34ClN5O2S/c1-19-15-22(7-8-25(19)31)29-24-18-35(20(2)37)14-11-27(24)36(33-29)17-23(38)16-34-12-9-21(10-13-34)30-32-26-5-3-4-6-28(26)39-30/h3-8,15,21,23,38H,9-14,16-18H2,1-2H3. The Morgan fingerprint density at radius 1 is 1.15 bits per heavy atom. The van der Waals surface area contributed by atoms with Crippen LogP contribution in [0.2, 0.25) is 5.02 Å². The summed E-state index contributed by atoms with van der Waals surface area (Å²) in [7, 11) is 0. The summed E-state index contributed by atoms with van der Waals surface area (Å²) in [5.74, 6) is 0.560. The molecule has 6 rings (SSSR count). The normalized spacial score (nSPS) is 17.5. The van der Waals surface area contributed by atoms with E-state index in [9.17, 15) is 9.90 Å². The van der Waals surface area contributed by atoms with Crippen LogP contribution in [0.4, 0.5) is 0 Å². The predicted molar refractivity (Wildman–Crippen MR) is 156 cm³/mol. The van der Waals surface area contributed by atoms with Gasteiger partial charge in [-0.2, -0.15) is 5.10 Å². The van der Waals surface area contributed by atoms with Crippen LogP contribution in [0.1, 0.15) is 47.5 Å². The van der Waals surface area contributed by atoms with Crippen LogP contribution in [0, 0.1) is 6.92 Å². The Balaban J connectivity index is 1.14. The molecule has 2 aliphatic heterocycles. The van der Waals surface area contributed by atoms with Crippen molar-refractivity contribution in [3.8, 4) is 11.3 Å². The molecule has 0 aliphatic carbocycles. The van der Waals surface area contributed by atoms with Crippen molar-refractivity contribution >= 4 is 39.1 Å². The number of para-hydroxylation sites is 1. The van der Waals surface area contributed by atoms with Gasteiger partial charge in [0.15, 0.2) is 0 Å². The summed E-state index contributed by atoms with van der Waals surface area (Å²) in [5, 5.41) is 18.1. The van der Waals surface area contributed by atoms with Crippen LogP contribution in [0.25, 0.3) is 21.5 Å². The molecule has 4 heterocycles. The van der Waals surface area contributed by atoms with Crippen LogP contribution >= 0.6 is 22.9 Å². The number of benzene rings is 2. The zero-order valence-electron chi connectivity index (χ0n) is 22.4. The number of likely N-dealkylation sites (tertiary alicyclic amines) is 1. The minimum atomic E-state index is -0.529. The van der Waals surface area contributed by atoms with Gasteiger partial charge in [-0.1, -0.05) is 29.8 Å². The highest BCUT2D eigenvalue weighted by atomic mass is 35.5. The molecule has 39 heavy (non-hydrogen) atoms. The summed E-state index contributed by atoms with van der Waals surface area (Å²) in [6, 6.07) is 14.3. The first kappa shape index (κ1) is 26.4. The Hall–Kier alpha value is -2.78. The maximum Gasteiger partial charge on any atom is 0.219 e. The summed E-state index contributed by atoms with van der Waals surface area (Å²) in [5.41, 5.74) is 6.14. The summed E-state index contributed by atoms with van der Waals surface area (Å²) < 4.78 is 3.23. The van der Waals surface area contributed by atoms with Crippen LogP contribution in [0.5, 0.6) is 0 Å². The van der Waals surface area contributed by atoms with E-state index in [4.69, 9.17) is 21.7 Å². The SMILES string of the molecule is CC(=O)N1CCc2c(c(-c3ccc(Cl)c(C)c3)nn2CC(O)CN2CCC(c3nc4ccccc4s3)CC2)C1. The molecule has 2 aromatic heterocycles. The largest absolute Gasteiger partial charge is 0.390 e. The summed E-state index contributed by atoms with van der Waals surface area (Å²) >= 11 is 8.10. The van der Waals surface area contributed by atoms with E-state index in [2.05, 4.69) is 23.1 Å². The topological polar surface area (TPSA) is 74.5 Å². The Morgan fingerprint density at radius 2 is 1.95 bits per heavy atom. The molecule has 2 aromatic carbocycles. The van der Waals surface area contributed by atoms with Crippen LogP contribution < -0.4 is 0 Å². The van der Waals surface area contributed by atoms with Gasteiger partial charge in [-0.25, -0.2) is 4.98 Å². The van der Waals surface area contributed by atoms with Crippen molar-refractivity contribution in [3.63, 3.8) is 0 Å². The van der Waals surface area contributed by atoms with Gasteiger partial charge in [0, 0.05) is 60.7 Å². The molecule has 1 saturated heterocycles. The average Bonchev–Trinajstić information content (AvgIpc) is 3.52. The number of hydrogen-bond donors (Lipinski definition) is 1. The fraction of sp³-hybridized carbons (Fsp3) is 0.433. The molecule has 4 aromatic rings. The molecule has 9 heteroatoms.